The zero-order valence-corrected chi connectivity index (χ0v) is 27.3. The number of nitrogens with zero attached hydrogens (tertiary/aromatic N) is 3. The third-order valence-electron chi connectivity index (χ3n) is 7.23. The van der Waals surface area contributed by atoms with Crippen LogP contribution in [0, 0.1) is 6.92 Å². The van der Waals surface area contributed by atoms with Gasteiger partial charge >= 0.3 is 0 Å². The third-order valence-corrected chi connectivity index (χ3v) is 10.7. The molecule has 1 aromatic carbocycles. The average molecular weight is 565 g/mol. The van der Waals surface area contributed by atoms with Gasteiger partial charge < -0.3 is 14.8 Å². The largest absolute Gasteiger partial charge is 0.382 e. The topological polar surface area (TPSA) is 57.6 Å². The van der Waals surface area contributed by atoms with E-state index in [9.17, 15) is 4.57 Å². The Morgan fingerprint density at radius 1 is 1.10 bits per heavy atom. The molecule has 0 spiro atoms. The first-order valence-corrected chi connectivity index (χ1v) is 17.4. The van der Waals surface area contributed by atoms with Crippen molar-refractivity contribution in [3.63, 3.8) is 0 Å². The number of unbranched alkanes of at least 4 members (excludes halogenated alkanes) is 2. The standard InChI is InChI=1S/C32H47N4OP.C2H6/c1-7-10-11-22-38(37,21-8-2)29-17-12-15-27(23-29)30(9-3)35-32-31(25(4)5)34-19-14-20-36(32)24-28-16-13-18-33-26(28)6;1-2/h9,12-13,15-18,23,34H,7-8,10-11,14,19-22,24H2,1-6H3;1-2H3/b30-9-,35-32?;. The monoisotopic (exact) mass is 564 g/mol. The molecule has 2 aromatic rings. The van der Waals surface area contributed by atoms with E-state index < -0.39 is 7.14 Å². The number of pyridine rings is 1. The van der Waals surface area contributed by atoms with Gasteiger partial charge in [0.15, 0.2) is 5.84 Å². The van der Waals surface area contributed by atoms with Crippen molar-refractivity contribution in [1.29, 1.82) is 0 Å². The molecule has 1 unspecified atom stereocenters. The Labute approximate surface area is 244 Å². The Morgan fingerprint density at radius 2 is 1.88 bits per heavy atom. The molecule has 0 aliphatic carbocycles. The van der Waals surface area contributed by atoms with Crippen molar-refractivity contribution in [3.8, 4) is 0 Å². The predicted molar refractivity (Wildman–Crippen MR) is 176 cm³/mol. The molecule has 3 rings (SSSR count). The van der Waals surface area contributed by atoms with Crippen LogP contribution in [0.1, 0.15) is 97.4 Å². The minimum Gasteiger partial charge on any atom is -0.382 e. The molecule has 1 fully saturated rings. The molecule has 5 nitrogen and oxygen atoms in total. The molecular weight excluding hydrogens is 511 g/mol. The molecule has 1 N–H and O–H groups in total. The molecule has 1 atom stereocenters. The number of nitrogens with one attached hydrogen (secondary N) is 1. The lowest BCUT2D eigenvalue weighted by atomic mass is 10.1. The number of amidine groups is 1. The zero-order valence-electron chi connectivity index (χ0n) is 26.4. The minimum absolute atomic E-state index is 0.761. The van der Waals surface area contributed by atoms with E-state index in [1.54, 1.807) is 0 Å². The second-order valence-electron chi connectivity index (χ2n) is 10.5. The summed E-state index contributed by atoms with van der Waals surface area (Å²) in [5.41, 5.74) is 6.51. The van der Waals surface area contributed by atoms with E-state index in [0.717, 1.165) is 97.9 Å². The normalized spacial score (nSPS) is 16.5. The number of aliphatic imine (C=N–C) groups is 1. The molecule has 6 heteroatoms. The fourth-order valence-electron chi connectivity index (χ4n) is 5.07. The smallest absolute Gasteiger partial charge is 0.152 e. The summed E-state index contributed by atoms with van der Waals surface area (Å²) in [4.78, 5) is 12.2. The maximum absolute atomic E-state index is 14.1. The molecule has 0 amide bonds. The lowest BCUT2D eigenvalue weighted by Crippen LogP contribution is -2.34. The van der Waals surface area contributed by atoms with Gasteiger partial charge in [0.05, 0.1) is 11.4 Å². The molecule has 1 aliphatic rings. The quantitative estimate of drug-likeness (QED) is 0.219. The zero-order chi connectivity index (χ0) is 29.5. The summed E-state index contributed by atoms with van der Waals surface area (Å²) >= 11 is 0. The molecular formula is C34H53N4OP. The maximum Gasteiger partial charge on any atom is 0.152 e. The van der Waals surface area contributed by atoms with Gasteiger partial charge in [-0.2, -0.15) is 0 Å². The van der Waals surface area contributed by atoms with Crippen LogP contribution >= 0.6 is 7.14 Å². The van der Waals surface area contributed by atoms with Gasteiger partial charge in [0.1, 0.15) is 7.14 Å². The molecule has 1 aliphatic heterocycles. The van der Waals surface area contributed by atoms with Crippen molar-refractivity contribution in [1.82, 2.24) is 15.2 Å². The molecule has 0 saturated carbocycles. The highest BCUT2D eigenvalue weighted by Gasteiger charge is 2.25. The Bertz CT molecular complexity index is 1210. The number of benzene rings is 1. The Morgan fingerprint density at radius 3 is 2.52 bits per heavy atom. The molecule has 0 bridgehead atoms. The number of rotatable bonds is 11. The lowest BCUT2D eigenvalue weighted by Gasteiger charge is -2.27. The number of aromatic nitrogens is 1. The van der Waals surface area contributed by atoms with E-state index in [-0.39, 0.29) is 0 Å². The molecule has 40 heavy (non-hydrogen) atoms. The molecule has 220 valence electrons. The molecule has 2 heterocycles. The number of hydrogen-bond donors (Lipinski definition) is 1. The van der Waals surface area contributed by atoms with E-state index in [4.69, 9.17) is 4.99 Å². The Kier molecular flexibility index (Phi) is 14.5. The summed E-state index contributed by atoms with van der Waals surface area (Å²) < 4.78 is 14.1. The van der Waals surface area contributed by atoms with Crippen molar-refractivity contribution in [3.05, 3.63) is 76.8 Å². The van der Waals surface area contributed by atoms with Crippen molar-refractivity contribution >= 4 is 24.0 Å². The van der Waals surface area contributed by atoms with Crippen molar-refractivity contribution in [2.75, 3.05) is 25.4 Å². The third kappa shape index (κ3) is 9.20. The van der Waals surface area contributed by atoms with Crippen LogP contribution in [-0.2, 0) is 11.1 Å². The first-order chi connectivity index (χ1) is 19.3. The molecule has 1 aromatic heterocycles. The SMILES string of the molecule is C/C=C(\N=C1C(=C(C)C)NCCCN1Cc1cccnc1C)c1cccc(P(=O)(CCC)CCCCC)c1.CC. The van der Waals surface area contributed by atoms with Gasteiger partial charge in [0.2, 0.25) is 0 Å². The van der Waals surface area contributed by atoms with E-state index in [2.05, 4.69) is 86.2 Å². The Hall–Kier alpha value is -2.65. The van der Waals surface area contributed by atoms with E-state index in [1.165, 1.54) is 11.1 Å². The van der Waals surface area contributed by atoms with E-state index >= 15 is 0 Å². The Balaban J connectivity index is 0.00000274. The van der Waals surface area contributed by atoms with Crippen LogP contribution in [0.4, 0.5) is 0 Å². The van der Waals surface area contributed by atoms with Gasteiger partial charge in [-0.3, -0.25) is 4.98 Å². The van der Waals surface area contributed by atoms with Gasteiger partial charge in [-0.15, -0.1) is 0 Å². The minimum atomic E-state index is -2.43. The van der Waals surface area contributed by atoms with Crippen LogP contribution in [0.15, 0.2) is 64.9 Å². The highest BCUT2D eigenvalue weighted by atomic mass is 31.2. The maximum atomic E-state index is 14.1. The number of aryl methyl sites for hydroxylation is 1. The average Bonchev–Trinajstić information content (AvgIpc) is 3.16. The van der Waals surface area contributed by atoms with Crippen LogP contribution in [0.2, 0.25) is 0 Å². The van der Waals surface area contributed by atoms with Gasteiger partial charge in [-0.05, 0) is 70.2 Å². The first-order valence-electron chi connectivity index (χ1n) is 15.3. The van der Waals surface area contributed by atoms with Crippen LogP contribution in [-0.4, -0.2) is 41.1 Å². The second-order valence-corrected chi connectivity index (χ2v) is 13.7. The first kappa shape index (κ1) is 33.6. The number of allylic oxidation sites excluding steroid dienone is 2. The van der Waals surface area contributed by atoms with Crippen molar-refractivity contribution in [2.45, 2.75) is 94.0 Å². The molecule has 1 saturated heterocycles. The van der Waals surface area contributed by atoms with Gasteiger partial charge in [-0.25, -0.2) is 4.99 Å². The predicted octanol–water partition coefficient (Wildman–Crippen LogP) is 8.55. The summed E-state index contributed by atoms with van der Waals surface area (Å²) in [6.07, 6.45) is 10.8. The summed E-state index contributed by atoms with van der Waals surface area (Å²) in [7, 11) is -2.43. The number of hydrogen-bond acceptors (Lipinski definition) is 4. The highest BCUT2D eigenvalue weighted by molar-refractivity contribution is 7.71. The highest BCUT2D eigenvalue weighted by Crippen LogP contribution is 2.46. The fourth-order valence-corrected chi connectivity index (χ4v) is 8.00. The summed E-state index contributed by atoms with van der Waals surface area (Å²) in [6, 6.07) is 12.5. The van der Waals surface area contributed by atoms with Crippen LogP contribution in [0.3, 0.4) is 0 Å². The van der Waals surface area contributed by atoms with E-state index in [1.807, 2.05) is 33.0 Å². The molecule has 0 radical (unpaired) electrons. The van der Waals surface area contributed by atoms with Crippen LogP contribution < -0.4 is 10.6 Å². The van der Waals surface area contributed by atoms with E-state index in [0.29, 0.717) is 0 Å². The van der Waals surface area contributed by atoms with Gasteiger partial charge in [-0.1, -0.05) is 70.9 Å². The fraction of sp³-hybridized carbons (Fsp3) is 0.529. The van der Waals surface area contributed by atoms with Crippen LogP contribution in [0.25, 0.3) is 5.70 Å². The summed E-state index contributed by atoms with van der Waals surface area (Å²) in [5.74, 6) is 0.962. The van der Waals surface area contributed by atoms with Crippen molar-refractivity contribution in [2.24, 2.45) is 4.99 Å². The summed E-state index contributed by atoms with van der Waals surface area (Å²) in [5, 5.41) is 4.64. The van der Waals surface area contributed by atoms with Gasteiger partial charge in [0, 0.05) is 54.7 Å². The van der Waals surface area contributed by atoms with Crippen molar-refractivity contribution < 1.29 is 4.57 Å². The van der Waals surface area contributed by atoms with Gasteiger partial charge in [0.25, 0.3) is 0 Å². The second kappa shape index (κ2) is 17.2. The summed E-state index contributed by atoms with van der Waals surface area (Å²) in [6.45, 7) is 19.3. The lowest BCUT2D eigenvalue weighted by molar-refractivity contribution is 0.413. The van der Waals surface area contributed by atoms with Crippen LogP contribution in [0.5, 0.6) is 0 Å².